The van der Waals surface area contributed by atoms with E-state index in [1.807, 2.05) is 0 Å². The highest BCUT2D eigenvalue weighted by Gasteiger charge is 2.44. The fourth-order valence-electron chi connectivity index (χ4n) is 4.98. The number of likely N-dealkylation sites (tertiary alicyclic amines) is 2. The predicted octanol–water partition coefficient (Wildman–Crippen LogP) is 2.82. The van der Waals surface area contributed by atoms with Crippen LogP contribution in [0.5, 0.6) is 5.88 Å². The number of rotatable bonds is 7. The lowest BCUT2D eigenvalue weighted by atomic mass is 9.77. The van der Waals surface area contributed by atoms with E-state index in [1.54, 1.807) is 36.6 Å². The smallest absolute Gasteiger partial charge is 0.306 e. The van der Waals surface area contributed by atoms with Crippen molar-refractivity contribution in [1.82, 2.24) is 20.1 Å². The number of hydrogen-bond acceptors (Lipinski definition) is 7. The average Bonchev–Trinajstić information content (AvgIpc) is 3.23. The molecule has 2 aliphatic heterocycles. The zero-order chi connectivity index (χ0) is 27.4. The van der Waals surface area contributed by atoms with Crippen LogP contribution in [-0.2, 0) is 19.1 Å². The predicted molar refractivity (Wildman–Crippen MR) is 137 cm³/mol. The molecule has 3 rings (SSSR count). The largest absolute Gasteiger partial charge is 0.481 e. The maximum atomic E-state index is 13.3. The molecule has 0 aliphatic carbocycles. The molecule has 1 N–H and O–H groups in total. The second kappa shape index (κ2) is 11.7. The molecule has 11 heteroatoms. The van der Waals surface area contributed by atoms with Crippen LogP contribution in [0.1, 0.15) is 70.2 Å². The molecule has 3 heterocycles. The number of esters is 1. The number of nitrogens with zero attached hydrogens (tertiary/aromatic N) is 3. The lowest BCUT2D eigenvalue weighted by molar-refractivity contribution is -0.155. The number of piperidine rings is 1. The first-order valence-corrected chi connectivity index (χ1v) is 13.0. The molecule has 0 bridgehead atoms. The molecule has 1 spiro atoms. The number of nitrogens with one attached hydrogen (secondary N) is 1. The molecule has 10 nitrogen and oxygen atoms in total. The quantitative estimate of drug-likeness (QED) is 0.420. The van der Waals surface area contributed by atoms with Crippen LogP contribution in [0.2, 0.25) is 5.15 Å². The molecule has 2 saturated heterocycles. The minimum absolute atomic E-state index is 0.0355. The van der Waals surface area contributed by atoms with Crippen LogP contribution in [0.15, 0.2) is 12.1 Å². The van der Waals surface area contributed by atoms with E-state index in [-0.39, 0.29) is 47.0 Å². The normalized spacial score (nSPS) is 17.9. The molecule has 0 saturated carbocycles. The van der Waals surface area contributed by atoms with Crippen molar-refractivity contribution in [2.24, 2.45) is 5.41 Å². The van der Waals surface area contributed by atoms with E-state index >= 15 is 0 Å². The highest BCUT2D eigenvalue weighted by molar-refractivity contribution is 6.29. The van der Waals surface area contributed by atoms with Gasteiger partial charge in [-0.2, -0.15) is 0 Å². The van der Waals surface area contributed by atoms with Crippen LogP contribution in [0.25, 0.3) is 0 Å². The van der Waals surface area contributed by atoms with Crippen molar-refractivity contribution in [2.75, 3.05) is 33.3 Å². The first-order valence-electron chi connectivity index (χ1n) is 12.6. The minimum Gasteiger partial charge on any atom is -0.481 e. The van der Waals surface area contributed by atoms with Crippen LogP contribution in [-0.4, -0.2) is 83.4 Å². The van der Waals surface area contributed by atoms with Gasteiger partial charge in [0.25, 0.3) is 5.91 Å². The second-order valence-corrected chi connectivity index (χ2v) is 11.3. The zero-order valence-electron chi connectivity index (χ0n) is 22.3. The van der Waals surface area contributed by atoms with Gasteiger partial charge in [0, 0.05) is 51.2 Å². The first kappa shape index (κ1) is 28.7. The van der Waals surface area contributed by atoms with Gasteiger partial charge in [0.05, 0.1) is 7.11 Å². The van der Waals surface area contributed by atoms with Crippen molar-refractivity contribution < 1.29 is 28.7 Å². The van der Waals surface area contributed by atoms with E-state index in [0.29, 0.717) is 31.7 Å². The summed E-state index contributed by atoms with van der Waals surface area (Å²) in [5.74, 6) is -0.756. The third-order valence-corrected chi connectivity index (χ3v) is 7.01. The van der Waals surface area contributed by atoms with Crippen molar-refractivity contribution in [3.8, 4) is 5.88 Å². The zero-order valence-corrected chi connectivity index (χ0v) is 23.0. The maximum absolute atomic E-state index is 13.3. The Morgan fingerprint density at radius 1 is 1.11 bits per heavy atom. The molecule has 204 valence electrons. The lowest BCUT2D eigenvalue weighted by Gasteiger charge is -2.39. The average molecular weight is 537 g/mol. The van der Waals surface area contributed by atoms with E-state index in [9.17, 15) is 19.2 Å². The summed E-state index contributed by atoms with van der Waals surface area (Å²) in [6.07, 6.45) is 2.57. The molecule has 2 aliphatic rings. The number of ether oxygens (including phenoxy) is 2. The fraction of sp³-hybridized carbons (Fsp3) is 0.654. The molecular weight excluding hydrogens is 500 g/mol. The Bertz CT molecular complexity index is 1030. The minimum atomic E-state index is -0.784. The van der Waals surface area contributed by atoms with Crippen LogP contribution in [0, 0.1) is 5.41 Å². The van der Waals surface area contributed by atoms with Gasteiger partial charge in [-0.05, 0) is 57.9 Å². The summed E-state index contributed by atoms with van der Waals surface area (Å²) < 4.78 is 10.5. The van der Waals surface area contributed by atoms with Gasteiger partial charge in [0.2, 0.25) is 17.7 Å². The third-order valence-electron chi connectivity index (χ3n) is 6.82. The van der Waals surface area contributed by atoms with Gasteiger partial charge < -0.3 is 24.6 Å². The molecule has 0 radical (unpaired) electrons. The summed E-state index contributed by atoms with van der Waals surface area (Å²) in [5.41, 5.74) is -0.261. The number of aromatic nitrogens is 1. The third kappa shape index (κ3) is 7.80. The highest BCUT2D eigenvalue weighted by Crippen LogP contribution is 2.41. The molecule has 1 aromatic rings. The van der Waals surface area contributed by atoms with Crippen molar-refractivity contribution >= 4 is 35.3 Å². The molecule has 2 fully saturated rings. The Morgan fingerprint density at radius 3 is 2.30 bits per heavy atom. The van der Waals surface area contributed by atoms with E-state index in [1.165, 1.54) is 20.1 Å². The van der Waals surface area contributed by atoms with Crippen molar-refractivity contribution in [2.45, 2.75) is 71.4 Å². The molecular formula is C26H37ClN4O6. The fourth-order valence-corrected chi connectivity index (χ4v) is 5.18. The number of carbonyl (C=O) groups excluding carboxylic acids is 4. The number of hydrogen-bond donors (Lipinski definition) is 1. The van der Waals surface area contributed by atoms with E-state index < -0.39 is 17.6 Å². The van der Waals surface area contributed by atoms with Crippen LogP contribution >= 0.6 is 11.6 Å². The number of pyridine rings is 1. The standard InChI is InChI=1S/C26H37ClN4O6/c1-17(32)28-19(6-7-22(33)37-25(2,3)4)24(35)31-13-10-26(16-31)8-11-30(12-9-26)23(34)18-14-20(27)29-21(15-18)36-5/h14-15,19H,6-13,16H2,1-5H3,(H,28,32)/t19-/m0/s1. The van der Waals surface area contributed by atoms with Crippen LogP contribution < -0.4 is 10.1 Å². The molecule has 0 unspecified atom stereocenters. The number of methoxy groups -OCH3 is 1. The summed E-state index contributed by atoms with van der Waals surface area (Å²) >= 11 is 6.03. The van der Waals surface area contributed by atoms with Gasteiger partial charge in [-0.15, -0.1) is 0 Å². The van der Waals surface area contributed by atoms with E-state index in [4.69, 9.17) is 21.1 Å². The topological polar surface area (TPSA) is 118 Å². The van der Waals surface area contributed by atoms with Crippen molar-refractivity contribution in [3.63, 3.8) is 0 Å². The van der Waals surface area contributed by atoms with E-state index in [2.05, 4.69) is 10.3 Å². The van der Waals surface area contributed by atoms with Crippen molar-refractivity contribution in [3.05, 3.63) is 22.8 Å². The molecule has 1 atom stereocenters. The Labute approximate surface area is 223 Å². The maximum Gasteiger partial charge on any atom is 0.306 e. The summed E-state index contributed by atoms with van der Waals surface area (Å²) in [6, 6.07) is 2.33. The second-order valence-electron chi connectivity index (χ2n) is 10.9. The SMILES string of the molecule is COc1cc(C(=O)N2CCC3(CC2)CCN(C(=O)[C@H](CCC(=O)OC(C)(C)C)NC(C)=O)C3)cc(Cl)n1. The van der Waals surface area contributed by atoms with Crippen LogP contribution in [0.3, 0.4) is 0 Å². The number of carbonyl (C=O) groups is 4. The van der Waals surface area contributed by atoms with E-state index in [0.717, 1.165) is 19.3 Å². The first-order chi connectivity index (χ1) is 17.3. The Balaban J connectivity index is 1.58. The summed E-state index contributed by atoms with van der Waals surface area (Å²) in [4.78, 5) is 57.9. The van der Waals surface area contributed by atoms with Crippen molar-refractivity contribution in [1.29, 1.82) is 0 Å². The summed E-state index contributed by atoms with van der Waals surface area (Å²) in [5, 5.41) is 2.90. The van der Waals surface area contributed by atoms with Gasteiger partial charge in [-0.25, -0.2) is 4.98 Å². The van der Waals surface area contributed by atoms with Gasteiger partial charge in [0.15, 0.2) is 0 Å². The molecule has 37 heavy (non-hydrogen) atoms. The van der Waals surface area contributed by atoms with Crippen LogP contribution in [0.4, 0.5) is 0 Å². The highest BCUT2D eigenvalue weighted by atomic mass is 35.5. The summed E-state index contributed by atoms with van der Waals surface area (Å²) in [6.45, 7) is 8.98. The van der Waals surface area contributed by atoms with Gasteiger partial charge in [-0.3, -0.25) is 19.2 Å². The monoisotopic (exact) mass is 536 g/mol. The lowest BCUT2D eigenvalue weighted by Crippen LogP contribution is -2.49. The Morgan fingerprint density at radius 2 is 1.73 bits per heavy atom. The molecule has 3 amide bonds. The summed E-state index contributed by atoms with van der Waals surface area (Å²) in [7, 11) is 1.47. The van der Waals surface area contributed by atoms with Gasteiger partial charge in [-0.1, -0.05) is 11.6 Å². The Kier molecular flexibility index (Phi) is 9.05. The molecule has 0 aromatic carbocycles. The van der Waals surface area contributed by atoms with Gasteiger partial charge >= 0.3 is 5.97 Å². The number of halogens is 1. The number of amides is 3. The van der Waals surface area contributed by atoms with Gasteiger partial charge in [0.1, 0.15) is 16.8 Å². The Hall–Kier alpha value is -2.88. The molecule has 1 aromatic heterocycles.